The van der Waals surface area contributed by atoms with Crippen LogP contribution in [-0.2, 0) is 0 Å². The number of nitrogens with one attached hydrogen (secondary N) is 1. The Balaban J connectivity index is 3.00. The Morgan fingerprint density at radius 1 is 1.18 bits per heavy atom. The third kappa shape index (κ3) is 3.22. The summed E-state index contributed by atoms with van der Waals surface area (Å²) in [6.45, 7) is 4.08. The van der Waals surface area contributed by atoms with E-state index >= 15 is 0 Å². The number of benzene rings is 1. The zero-order valence-corrected chi connectivity index (χ0v) is 10.4. The van der Waals surface area contributed by atoms with Crippen molar-refractivity contribution < 1.29 is 13.2 Å². The molecule has 0 aliphatic rings. The third-order valence-electron chi connectivity index (χ3n) is 3.12. The first-order chi connectivity index (χ1) is 8.01. The van der Waals surface area contributed by atoms with Crippen LogP contribution in [0.4, 0.5) is 13.2 Å². The largest absolute Gasteiger partial charge is 0.313 e. The van der Waals surface area contributed by atoms with E-state index in [9.17, 15) is 13.2 Å². The number of rotatable bonds is 5. The summed E-state index contributed by atoms with van der Waals surface area (Å²) in [5, 5.41) is 2.94. The molecule has 0 heterocycles. The third-order valence-corrected chi connectivity index (χ3v) is 3.12. The molecular formula is C13H18F3N. The lowest BCUT2D eigenvalue weighted by Crippen LogP contribution is -2.20. The number of hydrogen-bond donors (Lipinski definition) is 1. The van der Waals surface area contributed by atoms with E-state index in [2.05, 4.69) is 5.32 Å². The second-order valence-corrected chi connectivity index (χ2v) is 4.35. The fourth-order valence-electron chi connectivity index (χ4n) is 1.78. The summed E-state index contributed by atoms with van der Waals surface area (Å²) in [5.41, 5.74) is 0.187. The van der Waals surface area contributed by atoms with Gasteiger partial charge in [0.2, 0.25) is 0 Å². The molecule has 1 rings (SSSR count). The minimum Gasteiger partial charge on any atom is -0.313 e. The second kappa shape index (κ2) is 6.05. The maximum absolute atomic E-state index is 13.6. The zero-order valence-electron chi connectivity index (χ0n) is 10.4. The number of hydrogen-bond acceptors (Lipinski definition) is 1. The molecule has 96 valence electrons. The summed E-state index contributed by atoms with van der Waals surface area (Å²) in [5.74, 6) is -3.25. The Morgan fingerprint density at radius 3 is 2.35 bits per heavy atom. The van der Waals surface area contributed by atoms with Gasteiger partial charge in [-0.25, -0.2) is 13.2 Å². The van der Waals surface area contributed by atoms with Gasteiger partial charge in [-0.1, -0.05) is 26.3 Å². The molecule has 2 atom stereocenters. The average Bonchev–Trinajstić information content (AvgIpc) is 2.33. The molecule has 17 heavy (non-hydrogen) atoms. The van der Waals surface area contributed by atoms with Gasteiger partial charge in [0, 0.05) is 11.6 Å². The fraction of sp³-hybridized carbons (Fsp3) is 0.538. The molecular weight excluding hydrogens is 227 g/mol. The monoisotopic (exact) mass is 245 g/mol. The van der Waals surface area contributed by atoms with E-state index < -0.39 is 17.5 Å². The highest BCUT2D eigenvalue weighted by Gasteiger charge is 2.20. The minimum atomic E-state index is -1.40. The van der Waals surface area contributed by atoms with E-state index in [-0.39, 0.29) is 11.6 Å². The van der Waals surface area contributed by atoms with Crippen molar-refractivity contribution in [2.24, 2.45) is 5.92 Å². The van der Waals surface area contributed by atoms with Crippen molar-refractivity contribution in [1.29, 1.82) is 0 Å². The quantitative estimate of drug-likeness (QED) is 0.778. The highest BCUT2D eigenvalue weighted by Crippen LogP contribution is 2.26. The molecule has 0 fully saturated rings. The van der Waals surface area contributed by atoms with E-state index in [1.54, 1.807) is 7.05 Å². The van der Waals surface area contributed by atoms with Crippen molar-refractivity contribution in [3.63, 3.8) is 0 Å². The van der Waals surface area contributed by atoms with E-state index in [1.807, 2.05) is 13.8 Å². The topological polar surface area (TPSA) is 12.0 Å². The van der Waals surface area contributed by atoms with Crippen LogP contribution in [0.15, 0.2) is 12.1 Å². The highest BCUT2D eigenvalue weighted by molar-refractivity contribution is 5.23. The second-order valence-electron chi connectivity index (χ2n) is 4.35. The first-order valence-electron chi connectivity index (χ1n) is 5.81. The highest BCUT2D eigenvalue weighted by atomic mass is 19.2. The summed E-state index contributed by atoms with van der Waals surface area (Å²) in [6.07, 6.45) is 1.65. The predicted octanol–water partition coefficient (Wildman–Crippen LogP) is 3.80. The van der Waals surface area contributed by atoms with Gasteiger partial charge in [0.25, 0.3) is 0 Å². The van der Waals surface area contributed by atoms with Crippen LogP contribution >= 0.6 is 0 Å². The maximum atomic E-state index is 13.6. The van der Waals surface area contributed by atoms with Crippen LogP contribution in [0.2, 0.25) is 0 Å². The van der Waals surface area contributed by atoms with Gasteiger partial charge in [0.05, 0.1) is 0 Å². The molecule has 1 aromatic rings. The molecule has 1 aromatic carbocycles. The SMILES string of the molecule is CCC(C)CC(NC)c1ccc(F)c(F)c1F. The average molecular weight is 245 g/mol. The summed E-state index contributed by atoms with van der Waals surface area (Å²) in [4.78, 5) is 0. The maximum Gasteiger partial charge on any atom is 0.194 e. The Labute approximate surface area is 100 Å². The first-order valence-corrected chi connectivity index (χ1v) is 5.81. The molecule has 4 heteroatoms. The van der Waals surface area contributed by atoms with E-state index in [4.69, 9.17) is 0 Å². The lowest BCUT2D eigenvalue weighted by atomic mass is 9.94. The van der Waals surface area contributed by atoms with Gasteiger partial charge in [0.1, 0.15) is 0 Å². The van der Waals surface area contributed by atoms with Crippen molar-refractivity contribution >= 4 is 0 Å². The van der Waals surface area contributed by atoms with E-state index in [0.29, 0.717) is 12.3 Å². The van der Waals surface area contributed by atoms with Gasteiger partial charge < -0.3 is 5.32 Å². The fourth-order valence-corrected chi connectivity index (χ4v) is 1.78. The van der Waals surface area contributed by atoms with Crippen molar-refractivity contribution in [3.8, 4) is 0 Å². The Kier molecular flexibility index (Phi) is 5.00. The van der Waals surface area contributed by atoms with E-state index in [0.717, 1.165) is 12.5 Å². The van der Waals surface area contributed by atoms with Gasteiger partial charge in [-0.05, 0) is 25.5 Å². The molecule has 0 radical (unpaired) electrons. The molecule has 0 amide bonds. The Hall–Kier alpha value is -1.03. The van der Waals surface area contributed by atoms with Gasteiger partial charge in [-0.2, -0.15) is 0 Å². The normalized spacial score (nSPS) is 14.7. The van der Waals surface area contributed by atoms with Crippen LogP contribution in [0.5, 0.6) is 0 Å². The van der Waals surface area contributed by atoms with Crippen LogP contribution in [0.25, 0.3) is 0 Å². The van der Waals surface area contributed by atoms with Gasteiger partial charge in [-0.3, -0.25) is 0 Å². The van der Waals surface area contributed by atoms with Gasteiger partial charge >= 0.3 is 0 Å². The summed E-state index contributed by atoms with van der Waals surface area (Å²) >= 11 is 0. The molecule has 0 spiro atoms. The van der Waals surface area contributed by atoms with Crippen LogP contribution < -0.4 is 5.32 Å². The van der Waals surface area contributed by atoms with Crippen LogP contribution in [0.3, 0.4) is 0 Å². The van der Waals surface area contributed by atoms with E-state index in [1.165, 1.54) is 6.07 Å². The van der Waals surface area contributed by atoms with Crippen molar-refractivity contribution in [2.45, 2.75) is 32.7 Å². The molecule has 0 saturated heterocycles. The summed E-state index contributed by atoms with van der Waals surface area (Å²) in [7, 11) is 1.69. The van der Waals surface area contributed by atoms with Crippen molar-refractivity contribution in [2.75, 3.05) is 7.05 Å². The smallest absolute Gasteiger partial charge is 0.194 e. The summed E-state index contributed by atoms with van der Waals surface area (Å²) < 4.78 is 39.5. The van der Waals surface area contributed by atoms with Crippen LogP contribution in [0.1, 0.15) is 38.3 Å². The molecule has 0 aromatic heterocycles. The Bertz CT molecular complexity index is 379. The molecule has 0 aliphatic heterocycles. The van der Waals surface area contributed by atoms with Gasteiger partial charge in [-0.15, -0.1) is 0 Å². The lowest BCUT2D eigenvalue weighted by Gasteiger charge is -2.21. The van der Waals surface area contributed by atoms with Crippen molar-refractivity contribution in [3.05, 3.63) is 35.1 Å². The molecule has 0 bridgehead atoms. The first kappa shape index (κ1) is 14.0. The number of halogens is 3. The lowest BCUT2D eigenvalue weighted by molar-refractivity contribution is 0.391. The van der Waals surface area contributed by atoms with Crippen molar-refractivity contribution in [1.82, 2.24) is 5.32 Å². The summed E-state index contributed by atoms with van der Waals surface area (Å²) in [6, 6.07) is 1.98. The van der Waals surface area contributed by atoms with Gasteiger partial charge in [0.15, 0.2) is 17.5 Å². The molecule has 2 unspecified atom stereocenters. The standard InChI is InChI=1S/C13H18F3N/c1-4-8(2)7-11(17-3)9-5-6-10(14)13(16)12(9)15/h5-6,8,11,17H,4,7H2,1-3H3. The molecule has 1 N–H and O–H groups in total. The molecule has 0 saturated carbocycles. The zero-order chi connectivity index (χ0) is 13.0. The molecule has 0 aliphatic carbocycles. The Morgan fingerprint density at radius 2 is 1.82 bits per heavy atom. The van der Waals surface area contributed by atoms with Crippen LogP contribution in [0, 0.1) is 23.4 Å². The minimum absolute atomic E-state index is 0.187. The van der Waals surface area contributed by atoms with Crippen LogP contribution in [-0.4, -0.2) is 7.05 Å². The molecule has 1 nitrogen and oxygen atoms in total. The predicted molar refractivity (Wildman–Crippen MR) is 62.2 cm³/mol.